The summed E-state index contributed by atoms with van der Waals surface area (Å²) in [6, 6.07) is 0.428. The number of rotatable bonds is 2. The first-order valence-electron chi connectivity index (χ1n) is 4.58. The fraction of sp³-hybridized carbons (Fsp3) is 0.875. The monoisotopic (exact) mass is 186 g/mol. The fourth-order valence-corrected chi connectivity index (χ4v) is 2.30. The average Bonchev–Trinajstić information content (AvgIpc) is 2.23. The van der Waals surface area contributed by atoms with Gasteiger partial charge in [0.25, 0.3) is 0 Å². The van der Waals surface area contributed by atoms with Crippen molar-refractivity contribution < 1.29 is 15.0 Å². The quantitative estimate of drug-likeness (QED) is 0.534. The minimum absolute atomic E-state index is 0.142. The van der Waals surface area contributed by atoms with Crippen molar-refractivity contribution in [2.45, 2.75) is 18.5 Å². The van der Waals surface area contributed by atoms with Crippen LogP contribution in [0.15, 0.2) is 0 Å². The number of carbonyl (C=O) groups is 1. The summed E-state index contributed by atoms with van der Waals surface area (Å²) in [4.78, 5) is 12.3. The molecule has 74 valence electrons. The molecule has 2 rings (SSSR count). The first-order valence-corrected chi connectivity index (χ1v) is 4.58. The molecule has 0 saturated carbocycles. The third-order valence-electron chi connectivity index (χ3n) is 3.06. The molecule has 2 saturated heterocycles. The van der Waals surface area contributed by atoms with Crippen molar-refractivity contribution in [2.75, 3.05) is 19.7 Å². The Bertz CT molecular complexity index is 221. The maximum atomic E-state index is 10.8. The smallest absolute Gasteiger partial charge is 0.407 e. The van der Waals surface area contributed by atoms with Crippen LogP contribution in [0, 0.1) is 5.92 Å². The molecule has 2 aliphatic rings. The predicted octanol–water partition coefficient (Wildman–Crippen LogP) is -0.681. The lowest BCUT2D eigenvalue weighted by molar-refractivity contribution is 0.121. The van der Waals surface area contributed by atoms with Crippen LogP contribution < -0.4 is 5.32 Å². The Labute approximate surface area is 76.3 Å². The predicted molar refractivity (Wildman–Crippen MR) is 45.5 cm³/mol. The second-order valence-electron chi connectivity index (χ2n) is 3.71. The molecular formula is C8H14N2O3. The Balaban J connectivity index is 2.00. The van der Waals surface area contributed by atoms with E-state index in [9.17, 15) is 4.79 Å². The number of carboxylic acid groups (broad SMARTS) is 1. The van der Waals surface area contributed by atoms with Crippen molar-refractivity contribution >= 4 is 6.09 Å². The summed E-state index contributed by atoms with van der Waals surface area (Å²) < 4.78 is 0. The third kappa shape index (κ3) is 1.28. The molecule has 0 aromatic heterocycles. The summed E-state index contributed by atoms with van der Waals surface area (Å²) in [5.41, 5.74) is 0. The zero-order valence-electron chi connectivity index (χ0n) is 7.31. The molecule has 13 heavy (non-hydrogen) atoms. The van der Waals surface area contributed by atoms with Gasteiger partial charge < -0.3 is 20.4 Å². The average molecular weight is 186 g/mol. The summed E-state index contributed by atoms with van der Waals surface area (Å²) in [5, 5.41) is 20.9. The Morgan fingerprint density at radius 2 is 2.38 bits per heavy atom. The molecule has 0 aromatic rings. The largest absolute Gasteiger partial charge is 0.465 e. The molecule has 0 spiro atoms. The number of likely N-dealkylation sites (tertiary alicyclic amines) is 1. The molecule has 2 fully saturated rings. The molecule has 0 bridgehead atoms. The third-order valence-corrected chi connectivity index (χ3v) is 3.06. The van der Waals surface area contributed by atoms with Gasteiger partial charge in [-0.1, -0.05) is 0 Å². The van der Waals surface area contributed by atoms with E-state index in [4.69, 9.17) is 10.2 Å². The molecular weight excluding hydrogens is 172 g/mol. The van der Waals surface area contributed by atoms with Crippen molar-refractivity contribution in [1.82, 2.24) is 10.2 Å². The Hall–Kier alpha value is -0.810. The second-order valence-corrected chi connectivity index (χ2v) is 3.71. The van der Waals surface area contributed by atoms with Gasteiger partial charge in [0.1, 0.15) is 0 Å². The maximum absolute atomic E-state index is 10.8. The molecule has 3 atom stereocenters. The first-order chi connectivity index (χ1) is 6.24. The van der Waals surface area contributed by atoms with Gasteiger partial charge in [-0.2, -0.15) is 0 Å². The lowest BCUT2D eigenvalue weighted by Gasteiger charge is -2.37. The van der Waals surface area contributed by atoms with Crippen LogP contribution in [-0.2, 0) is 0 Å². The van der Waals surface area contributed by atoms with Crippen LogP contribution in [0.5, 0.6) is 0 Å². The Kier molecular flexibility index (Phi) is 2.13. The van der Waals surface area contributed by atoms with Gasteiger partial charge in [-0.3, -0.25) is 0 Å². The van der Waals surface area contributed by atoms with Crippen molar-refractivity contribution in [3.8, 4) is 0 Å². The molecule has 2 aliphatic heterocycles. The van der Waals surface area contributed by atoms with E-state index in [0.717, 1.165) is 6.54 Å². The van der Waals surface area contributed by atoms with E-state index in [2.05, 4.69) is 5.32 Å². The zero-order valence-corrected chi connectivity index (χ0v) is 7.31. The highest BCUT2D eigenvalue weighted by atomic mass is 16.4. The molecule has 3 N–H and O–H groups in total. The normalized spacial score (nSPS) is 37.0. The second kappa shape index (κ2) is 3.16. The summed E-state index contributed by atoms with van der Waals surface area (Å²) >= 11 is 0. The van der Waals surface area contributed by atoms with Crippen LogP contribution in [-0.4, -0.2) is 53.0 Å². The molecule has 0 aliphatic carbocycles. The first kappa shape index (κ1) is 8.77. The summed E-state index contributed by atoms with van der Waals surface area (Å²) in [7, 11) is 0. The van der Waals surface area contributed by atoms with E-state index in [-0.39, 0.29) is 18.7 Å². The van der Waals surface area contributed by atoms with Gasteiger partial charge in [0.2, 0.25) is 0 Å². The minimum atomic E-state index is -0.836. The topological polar surface area (TPSA) is 72.8 Å². The highest BCUT2D eigenvalue weighted by Gasteiger charge is 2.48. The number of amides is 1. The SMILES string of the molecule is O=C(O)N1CC(CCO)C2NCC21. The van der Waals surface area contributed by atoms with E-state index in [0.29, 0.717) is 18.9 Å². The fourth-order valence-electron chi connectivity index (χ4n) is 2.30. The van der Waals surface area contributed by atoms with Gasteiger partial charge in [-0.15, -0.1) is 0 Å². The zero-order chi connectivity index (χ0) is 9.42. The van der Waals surface area contributed by atoms with Gasteiger partial charge in [0.05, 0.1) is 6.04 Å². The number of hydrogen-bond acceptors (Lipinski definition) is 3. The van der Waals surface area contributed by atoms with Crippen LogP contribution in [0.3, 0.4) is 0 Å². The highest BCUT2D eigenvalue weighted by molar-refractivity contribution is 5.66. The van der Waals surface area contributed by atoms with Gasteiger partial charge >= 0.3 is 6.09 Å². The van der Waals surface area contributed by atoms with Crippen LogP contribution in [0.4, 0.5) is 4.79 Å². The van der Waals surface area contributed by atoms with Gasteiger partial charge in [0, 0.05) is 25.7 Å². The van der Waals surface area contributed by atoms with Gasteiger partial charge in [0.15, 0.2) is 0 Å². The van der Waals surface area contributed by atoms with E-state index in [1.54, 1.807) is 0 Å². The Morgan fingerprint density at radius 1 is 1.62 bits per heavy atom. The van der Waals surface area contributed by atoms with Crippen LogP contribution >= 0.6 is 0 Å². The maximum Gasteiger partial charge on any atom is 0.407 e. The number of nitrogens with zero attached hydrogens (tertiary/aromatic N) is 1. The van der Waals surface area contributed by atoms with E-state index < -0.39 is 6.09 Å². The van der Waals surface area contributed by atoms with Gasteiger partial charge in [-0.05, 0) is 12.3 Å². The molecule has 3 unspecified atom stereocenters. The van der Waals surface area contributed by atoms with E-state index in [1.807, 2.05) is 0 Å². The molecule has 1 amide bonds. The van der Waals surface area contributed by atoms with Crippen LogP contribution in [0.25, 0.3) is 0 Å². The minimum Gasteiger partial charge on any atom is -0.465 e. The number of aliphatic hydroxyl groups is 1. The van der Waals surface area contributed by atoms with Crippen LogP contribution in [0.2, 0.25) is 0 Å². The summed E-state index contributed by atoms with van der Waals surface area (Å²) in [5.74, 6) is 0.292. The van der Waals surface area contributed by atoms with Crippen molar-refractivity contribution in [3.05, 3.63) is 0 Å². The molecule has 0 aromatic carbocycles. The molecule has 5 heteroatoms. The van der Waals surface area contributed by atoms with E-state index in [1.165, 1.54) is 4.90 Å². The highest BCUT2D eigenvalue weighted by Crippen LogP contribution is 2.30. The van der Waals surface area contributed by atoms with E-state index >= 15 is 0 Å². The number of nitrogens with one attached hydrogen (secondary N) is 1. The van der Waals surface area contributed by atoms with Crippen molar-refractivity contribution in [3.63, 3.8) is 0 Å². The Morgan fingerprint density at radius 3 is 2.77 bits per heavy atom. The number of aliphatic hydroxyl groups excluding tert-OH is 1. The summed E-state index contributed by atoms with van der Waals surface area (Å²) in [6.45, 7) is 1.47. The lowest BCUT2D eigenvalue weighted by atomic mass is 9.90. The molecule has 5 nitrogen and oxygen atoms in total. The summed E-state index contributed by atoms with van der Waals surface area (Å²) in [6.07, 6.45) is -0.144. The molecule has 2 heterocycles. The van der Waals surface area contributed by atoms with Crippen molar-refractivity contribution in [2.24, 2.45) is 5.92 Å². The lowest BCUT2D eigenvalue weighted by Crippen LogP contribution is -2.61. The van der Waals surface area contributed by atoms with Crippen LogP contribution in [0.1, 0.15) is 6.42 Å². The van der Waals surface area contributed by atoms with Gasteiger partial charge in [-0.25, -0.2) is 4.79 Å². The number of hydrogen-bond donors (Lipinski definition) is 3. The number of fused-ring (bicyclic) bond motifs is 1. The standard InChI is InChI=1S/C8H14N2O3/c11-2-1-5-4-10(8(12)13)6-3-9-7(5)6/h5-7,9,11H,1-4H2,(H,12,13). The molecule has 0 radical (unpaired) electrons. The van der Waals surface area contributed by atoms with Crippen molar-refractivity contribution in [1.29, 1.82) is 0 Å².